The van der Waals surface area contributed by atoms with Gasteiger partial charge in [-0.25, -0.2) is 0 Å². The van der Waals surface area contributed by atoms with E-state index in [-0.39, 0.29) is 0 Å². The van der Waals surface area contributed by atoms with Gasteiger partial charge in [-0.05, 0) is 150 Å². The van der Waals surface area contributed by atoms with Gasteiger partial charge in [0.15, 0.2) is 0 Å². The highest BCUT2D eigenvalue weighted by atomic mass is 15.2. The first-order chi connectivity index (χ1) is 32.2. The van der Waals surface area contributed by atoms with Crippen molar-refractivity contribution in [1.29, 1.82) is 0 Å². The van der Waals surface area contributed by atoms with Crippen molar-refractivity contribution in [3.8, 4) is 33.4 Å². The molecule has 0 amide bonds. The summed E-state index contributed by atoms with van der Waals surface area (Å²) in [7, 11) is 0. The van der Waals surface area contributed by atoms with E-state index in [0.717, 1.165) is 22.7 Å². The van der Waals surface area contributed by atoms with Gasteiger partial charge in [0.05, 0.1) is 16.8 Å². The molecule has 0 saturated carbocycles. The summed E-state index contributed by atoms with van der Waals surface area (Å²) in [6.45, 7) is 0. The van der Waals surface area contributed by atoms with E-state index in [2.05, 4.69) is 265 Å². The van der Waals surface area contributed by atoms with E-state index in [1.54, 1.807) is 0 Å². The highest BCUT2D eigenvalue weighted by Crippen LogP contribution is 2.63. The lowest BCUT2D eigenvalue weighted by atomic mass is 9.64. The first kappa shape index (κ1) is 37.1. The third kappa shape index (κ3) is 5.74. The van der Waals surface area contributed by atoms with Crippen molar-refractivity contribution >= 4 is 55.7 Å². The molecule has 13 rings (SSSR count). The first-order valence-corrected chi connectivity index (χ1v) is 22.5. The van der Waals surface area contributed by atoms with Gasteiger partial charge in [-0.2, -0.15) is 0 Å². The molecule has 0 aromatic heterocycles. The molecule has 2 aliphatic rings. The maximum atomic E-state index is 2.44. The van der Waals surface area contributed by atoms with Crippen LogP contribution >= 0.6 is 0 Å². The Labute approximate surface area is 379 Å². The molecule has 0 fully saturated rings. The molecular formula is C63H42N2. The van der Waals surface area contributed by atoms with Crippen LogP contribution in [0.3, 0.4) is 0 Å². The Bertz CT molecular complexity index is 3550. The zero-order valence-corrected chi connectivity index (χ0v) is 35.6. The highest BCUT2D eigenvalue weighted by molar-refractivity contribution is 6.10. The van der Waals surface area contributed by atoms with Gasteiger partial charge in [0.1, 0.15) is 0 Å². The van der Waals surface area contributed by atoms with E-state index < -0.39 is 5.41 Å². The number of hydrogen-bond acceptors (Lipinski definition) is 2. The van der Waals surface area contributed by atoms with Crippen LogP contribution in [0.2, 0.25) is 0 Å². The molecule has 0 atom stereocenters. The molecule has 0 radical (unpaired) electrons. The van der Waals surface area contributed by atoms with Gasteiger partial charge in [0.25, 0.3) is 0 Å². The lowest BCUT2D eigenvalue weighted by molar-refractivity contribution is 0.753. The summed E-state index contributed by atoms with van der Waals surface area (Å²) in [5.74, 6) is 0. The second-order valence-corrected chi connectivity index (χ2v) is 17.3. The fraction of sp³-hybridized carbons (Fsp3) is 0.0159. The minimum atomic E-state index is -0.466. The van der Waals surface area contributed by atoms with Crippen LogP contribution in [0.5, 0.6) is 0 Å². The molecule has 1 spiro atoms. The molecule has 2 nitrogen and oxygen atoms in total. The van der Waals surface area contributed by atoms with Crippen molar-refractivity contribution in [3.05, 3.63) is 277 Å². The highest BCUT2D eigenvalue weighted by Gasteiger charge is 2.51. The van der Waals surface area contributed by atoms with E-state index in [1.165, 1.54) is 88.6 Å². The van der Waals surface area contributed by atoms with E-state index in [1.807, 2.05) is 0 Å². The predicted octanol–water partition coefficient (Wildman–Crippen LogP) is 16.9. The first-order valence-electron chi connectivity index (χ1n) is 22.5. The Balaban J connectivity index is 0.899. The Morgan fingerprint density at radius 3 is 1.48 bits per heavy atom. The zero-order chi connectivity index (χ0) is 42.9. The molecule has 0 N–H and O–H groups in total. The maximum Gasteiger partial charge on any atom is 0.0754 e. The van der Waals surface area contributed by atoms with Crippen LogP contribution in [0.25, 0.3) is 54.9 Å². The second kappa shape index (κ2) is 14.8. The molecule has 2 heteroatoms. The minimum Gasteiger partial charge on any atom is -0.310 e. The topological polar surface area (TPSA) is 6.48 Å². The number of rotatable bonds is 6. The molecule has 0 saturated heterocycles. The summed E-state index contributed by atoms with van der Waals surface area (Å²) in [5, 5.41) is 4.94. The Hall–Kier alpha value is -8.46. The van der Waals surface area contributed by atoms with Gasteiger partial charge in [-0.1, -0.05) is 182 Å². The van der Waals surface area contributed by atoms with E-state index >= 15 is 0 Å². The van der Waals surface area contributed by atoms with Gasteiger partial charge >= 0.3 is 0 Å². The summed E-state index contributed by atoms with van der Waals surface area (Å²) >= 11 is 0. The average molecular weight is 827 g/mol. The van der Waals surface area contributed by atoms with Crippen LogP contribution in [0.15, 0.2) is 255 Å². The average Bonchev–Trinajstić information content (AvgIpc) is 3.67. The van der Waals surface area contributed by atoms with Crippen molar-refractivity contribution in [3.63, 3.8) is 0 Å². The number of nitrogens with zero attached hydrogens (tertiary/aromatic N) is 2. The van der Waals surface area contributed by atoms with Gasteiger partial charge in [0.2, 0.25) is 0 Å². The number of hydrogen-bond donors (Lipinski definition) is 0. The quantitative estimate of drug-likeness (QED) is 0.154. The van der Waals surface area contributed by atoms with Crippen LogP contribution in [-0.4, -0.2) is 0 Å². The molecule has 1 aliphatic heterocycles. The van der Waals surface area contributed by atoms with Gasteiger partial charge < -0.3 is 9.80 Å². The minimum absolute atomic E-state index is 0.466. The lowest BCUT2D eigenvalue weighted by Crippen LogP contribution is -2.36. The van der Waals surface area contributed by atoms with Crippen molar-refractivity contribution in [2.24, 2.45) is 0 Å². The summed E-state index contributed by atoms with van der Waals surface area (Å²) in [6.07, 6.45) is 0. The Morgan fingerprint density at radius 2 is 0.769 bits per heavy atom. The number of anilines is 6. The summed E-state index contributed by atoms with van der Waals surface area (Å²) < 4.78 is 0. The predicted molar refractivity (Wildman–Crippen MR) is 273 cm³/mol. The standard InChI is InChI=1S/C63H42N2/c1-4-16-43(17-5-1)44-30-34-51(35-31-44)64(49-18-6-2-7-19-49)52-36-38-54-48(41-52)29-28-47-40-45(32-37-53(47)54)46-33-39-58-56(42-46)55-22-10-11-23-57(55)63(58)59-24-12-14-26-61(59)65(50-20-8-3-9-21-50)62-27-15-13-25-60(62)63/h1-42H. The van der Waals surface area contributed by atoms with Crippen molar-refractivity contribution in [2.75, 3.05) is 9.80 Å². The van der Waals surface area contributed by atoms with E-state index in [9.17, 15) is 0 Å². The summed E-state index contributed by atoms with van der Waals surface area (Å²) in [6, 6.07) is 93.7. The third-order valence-electron chi connectivity index (χ3n) is 13.8. The number of fused-ring (bicyclic) bond motifs is 12. The maximum absolute atomic E-state index is 2.44. The Kier molecular flexibility index (Phi) is 8.47. The van der Waals surface area contributed by atoms with Crippen LogP contribution in [0, 0.1) is 0 Å². The Morgan fingerprint density at radius 1 is 0.292 bits per heavy atom. The zero-order valence-electron chi connectivity index (χ0n) is 35.6. The van der Waals surface area contributed by atoms with Gasteiger partial charge in [-0.15, -0.1) is 0 Å². The molecule has 1 aliphatic carbocycles. The van der Waals surface area contributed by atoms with E-state index in [4.69, 9.17) is 0 Å². The molecular weight excluding hydrogens is 785 g/mol. The molecule has 11 aromatic carbocycles. The third-order valence-corrected chi connectivity index (χ3v) is 13.8. The van der Waals surface area contributed by atoms with Crippen LogP contribution in [0.4, 0.5) is 34.1 Å². The van der Waals surface area contributed by atoms with E-state index in [0.29, 0.717) is 0 Å². The molecule has 0 bridgehead atoms. The SMILES string of the molecule is c1ccc(-c2ccc(N(c3ccccc3)c3ccc4c(ccc5cc(-c6ccc7c(c6)-c6ccccc6C76c7ccccc7N(c7ccccc7)c7ccccc76)ccc54)c3)cc2)cc1. The van der Waals surface area contributed by atoms with Crippen molar-refractivity contribution < 1.29 is 0 Å². The monoisotopic (exact) mass is 826 g/mol. The largest absolute Gasteiger partial charge is 0.310 e. The van der Waals surface area contributed by atoms with Crippen LogP contribution in [0.1, 0.15) is 22.3 Å². The fourth-order valence-corrected chi connectivity index (χ4v) is 11.0. The normalized spacial score (nSPS) is 13.0. The van der Waals surface area contributed by atoms with Gasteiger partial charge in [0, 0.05) is 22.7 Å². The summed E-state index contributed by atoms with van der Waals surface area (Å²) in [5.41, 5.74) is 19.2. The molecule has 65 heavy (non-hydrogen) atoms. The molecule has 11 aromatic rings. The second-order valence-electron chi connectivity index (χ2n) is 17.3. The summed E-state index contributed by atoms with van der Waals surface area (Å²) in [4.78, 5) is 4.79. The van der Waals surface area contributed by atoms with Crippen molar-refractivity contribution in [1.82, 2.24) is 0 Å². The van der Waals surface area contributed by atoms with Crippen LogP contribution in [-0.2, 0) is 5.41 Å². The lowest BCUT2D eigenvalue weighted by Gasteiger charge is -2.45. The molecule has 0 unspecified atom stereocenters. The molecule has 304 valence electrons. The number of para-hydroxylation sites is 4. The van der Waals surface area contributed by atoms with Crippen LogP contribution < -0.4 is 9.80 Å². The number of benzene rings is 11. The van der Waals surface area contributed by atoms with Gasteiger partial charge in [-0.3, -0.25) is 0 Å². The van der Waals surface area contributed by atoms with Crippen molar-refractivity contribution in [2.45, 2.75) is 5.41 Å². The fourth-order valence-electron chi connectivity index (χ4n) is 11.0. The molecule has 1 heterocycles. The smallest absolute Gasteiger partial charge is 0.0754 e.